The first-order valence-corrected chi connectivity index (χ1v) is 9.56. The predicted molar refractivity (Wildman–Crippen MR) is 107 cm³/mol. The summed E-state index contributed by atoms with van der Waals surface area (Å²) >= 11 is 0. The molecule has 1 amide bonds. The molecule has 1 aliphatic rings. The van der Waals surface area contributed by atoms with E-state index in [1.54, 1.807) is 0 Å². The summed E-state index contributed by atoms with van der Waals surface area (Å²) < 4.78 is 5.53. The van der Waals surface area contributed by atoms with Crippen molar-refractivity contribution in [1.29, 1.82) is 0 Å². The number of carbonyl (C=O) groups is 1. The fraction of sp³-hybridized carbons (Fsp3) is 0.364. The van der Waals surface area contributed by atoms with Gasteiger partial charge in [-0.15, -0.1) is 0 Å². The summed E-state index contributed by atoms with van der Waals surface area (Å²) in [6.45, 7) is 8.92. The van der Waals surface area contributed by atoms with Crippen molar-refractivity contribution in [3.05, 3.63) is 59.2 Å². The fourth-order valence-electron chi connectivity index (χ4n) is 3.82. The number of aryl methyl sites for hydroxylation is 3. The van der Waals surface area contributed by atoms with E-state index in [-0.39, 0.29) is 5.91 Å². The van der Waals surface area contributed by atoms with Crippen molar-refractivity contribution in [3.8, 4) is 0 Å². The summed E-state index contributed by atoms with van der Waals surface area (Å²) in [5.74, 6) is 1.55. The first-order valence-electron chi connectivity index (χ1n) is 9.56. The lowest BCUT2D eigenvalue weighted by molar-refractivity contribution is 0.0745. The molecule has 2 aromatic heterocycles. The number of rotatable bonds is 3. The number of hydrogen-bond donors (Lipinski definition) is 0. The summed E-state index contributed by atoms with van der Waals surface area (Å²) in [5, 5.41) is 1.18. The first kappa shape index (κ1) is 17.6. The monoisotopic (exact) mass is 363 g/mol. The van der Waals surface area contributed by atoms with Crippen LogP contribution in [0.15, 0.2) is 40.8 Å². The number of benzene rings is 1. The number of anilines is 1. The predicted octanol–water partition coefficient (Wildman–Crippen LogP) is 3.97. The van der Waals surface area contributed by atoms with Gasteiger partial charge in [0.15, 0.2) is 0 Å². The summed E-state index contributed by atoms with van der Waals surface area (Å²) in [6.07, 6.45) is 0.912. The van der Waals surface area contributed by atoms with Crippen LogP contribution in [0.1, 0.15) is 34.5 Å². The third kappa shape index (κ3) is 3.29. The highest BCUT2D eigenvalue weighted by Crippen LogP contribution is 2.28. The molecule has 1 saturated heterocycles. The normalized spacial score (nSPS) is 14.8. The molecule has 0 spiro atoms. The molecule has 0 unspecified atom stereocenters. The summed E-state index contributed by atoms with van der Waals surface area (Å²) in [7, 11) is 0. The average molecular weight is 363 g/mol. The van der Waals surface area contributed by atoms with Crippen molar-refractivity contribution in [1.82, 2.24) is 9.88 Å². The lowest BCUT2D eigenvalue weighted by Gasteiger charge is -2.36. The van der Waals surface area contributed by atoms with E-state index in [1.807, 2.05) is 30.9 Å². The first-order chi connectivity index (χ1) is 13.1. The molecule has 0 bridgehead atoms. The number of furan rings is 1. The third-order valence-electron chi connectivity index (χ3n) is 5.29. The van der Waals surface area contributed by atoms with E-state index in [9.17, 15) is 4.79 Å². The number of pyridine rings is 1. The van der Waals surface area contributed by atoms with Gasteiger partial charge in [-0.2, -0.15) is 0 Å². The highest BCUT2D eigenvalue weighted by molar-refractivity contribution is 5.96. The Labute approximate surface area is 159 Å². The maximum absolute atomic E-state index is 12.8. The van der Waals surface area contributed by atoms with Crippen molar-refractivity contribution < 1.29 is 9.21 Å². The second-order valence-electron chi connectivity index (χ2n) is 7.11. The minimum Gasteiger partial charge on any atom is -0.466 e. The van der Waals surface area contributed by atoms with E-state index in [4.69, 9.17) is 9.40 Å². The van der Waals surface area contributed by atoms with Crippen molar-refractivity contribution >= 4 is 22.5 Å². The molecule has 4 rings (SSSR count). The molecule has 27 heavy (non-hydrogen) atoms. The molecule has 0 atom stereocenters. The van der Waals surface area contributed by atoms with Gasteiger partial charge in [-0.3, -0.25) is 9.78 Å². The van der Waals surface area contributed by atoms with E-state index in [0.717, 1.165) is 36.5 Å². The SMILES string of the molecule is CCc1cc(N2CCN(C(=O)c3cc(C)oc3C)CC2)c2ccccc2n1. The molecule has 0 N–H and O–H groups in total. The number of nitrogens with zero attached hydrogens (tertiary/aromatic N) is 3. The zero-order valence-corrected chi connectivity index (χ0v) is 16.2. The third-order valence-corrected chi connectivity index (χ3v) is 5.29. The molecule has 3 heterocycles. The van der Waals surface area contributed by atoms with Gasteiger partial charge in [-0.05, 0) is 38.5 Å². The van der Waals surface area contributed by atoms with E-state index in [2.05, 4.69) is 36.1 Å². The Kier molecular flexibility index (Phi) is 4.60. The van der Waals surface area contributed by atoms with Crippen LogP contribution in [0.4, 0.5) is 5.69 Å². The molecular weight excluding hydrogens is 338 g/mol. The van der Waals surface area contributed by atoms with Crippen LogP contribution in [-0.2, 0) is 6.42 Å². The lowest BCUT2D eigenvalue weighted by atomic mass is 10.1. The molecular formula is C22H25N3O2. The number of piperazine rings is 1. The maximum atomic E-state index is 12.8. The minimum atomic E-state index is 0.0674. The number of para-hydroxylation sites is 1. The Morgan fingerprint density at radius 2 is 1.85 bits per heavy atom. The Morgan fingerprint density at radius 1 is 1.11 bits per heavy atom. The van der Waals surface area contributed by atoms with Crippen LogP contribution in [0.25, 0.3) is 10.9 Å². The van der Waals surface area contributed by atoms with Crippen LogP contribution in [0, 0.1) is 13.8 Å². The molecule has 1 aliphatic heterocycles. The number of carbonyl (C=O) groups excluding carboxylic acids is 1. The Balaban J connectivity index is 1.55. The fourth-order valence-corrected chi connectivity index (χ4v) is 3.82. The second kappa shape index (κ2) is 7.06. The van der Waals surface area contributed by atoms with Crippen molar-refractivity contribution in [2.75, 3.05) is 31.1 Å². The summed E-state index contributed by atoms with van der Waals surface area (Å²) in [4.78, 5) is 21.9. The van der Waals surface area contributed by atoms with Gasteiger partial charge in [-0.25, -0.2) is 0 Å². The van der Waals surface area contributed by atoms with Gasteiger partial charge in [0.25, 0.3) is 5.91 Å². The largest absolute Gasteiger partial charge is 0.466 e. The second-order valence-corrected chi connectivity index (χ2v) is 7.11. The van der Waals surface area contributed by atoms with Crippen LogP contribution >= 0.6 is 0 Å². The van der Waals surface area contributed by atoms with Crippen molar-refractivity contribution in [2.24, 2.45) is 0 Å². The van der Waals surface area contributed by atoms with Crippen LogP contribution in [0.3, 0.4) is 0 Å². The molecule has 3 aromatic rings. The molecule has 5 heteroatoms. The Hall–Kier alpha value is -2.82. The van der Waals surface area contributed by atoms with Crippen LogP contribution in [0.5, 0.6) is 0 Å². The van der Waals surface area contributed by atoms with Crippen molar-refractivity contribution in [3.63, 3.8) is 0 Å². The summed E-state index contributed by atoms with van der Waals surface area (Å²) in [5.41, 5.74) is 4.05. The van der Waals surface area contributed by atoms with E-state index >= 15 is 0 Å². The highest BCUT2D eigenvalue weighted by Gasteiger charge is 2.25. The van der Waals surface area contributed by atoms with E-state index in [0.29, 0.717) is 24.4 Å². The van der Waals surface area contributed by atoms with E-state index < -0.39 is 0 Å². The van der Waals surface area contributed by atoms with Gasteiger partial charge in [0.1, 0.15) is 11.5 Å². The van der Waals surface area contributed by atoms with E-state index in [1.165, 1.54) is 11.1 Å². The Bertz CT molecular complexity index is 984. The van der Waals surface area contributed by atoms with Crippen LogP contribution < -0.4 is 4.90 Å². The molecule has 5 nitrogen and oxygen atoms in total. The van der Waals surface area contributed by atoms with Gasteiger partial charge in [-0.1, -0.05) is 25.1 Å². The van der Waals surface area contributed by atoms with Gasteiger partial charge < -0.3 is 14.2 Å². The Morgan fingerprint density at radius 3 is 2.52 bits per heavy atom. The smallest absolute Gasteiger partial charge is 0.257 e. The standard InChI is InChI=1S/C22H25N3O2/c1-4-17-14-21(18-7-5-6-8-20(18)23-17)24-9-11-25(12-10-24)22(26)19-13-15(2)27-16(19)3/h5-8,13-14H,4,9-12H2,1-3H3. The van der Waals surface area contributed by atoms with Crippen molar-refractivity contribution in [2.45, 2.75) is 27.2 Å². The average Bonchev–Trinajstić information content (AvgIpc) is 3.04. The molecule has 1 aromatic carbocycles. The number of aromatic nitrogens is 1. The van der Waals surface area contributed by atoms with Gasteiger partial charge in [0.05, 0.1) is 11.1 Å². The number of hydrogen-bond acceptors (Lipinski definition) is 4. The minimum absolute atomic E-state index is 0.0674. The van der Waals surface area contributed by atoms with Gasteiger partial charge in [0, 0.05) is 42.9 Å². The number of fused-ring (bicyclic) bond motifs is 1. The molecule has 0 saturated carbocycles. The highest BCUT2D eigenvalue weighted by atomic mass is 16.3. The molecule has 0 aliphatic carbocycles. The quantitative estimate of drug-likeness (QED) is 0.706. The maximum Gasteiger partial charge on any atom is 0.257 e. The molecule has 0 radical (unpaired) electrons. The zero-order chi connectivity index (χ0) is 19.0. The van der Waals surface area contributed by atoms with Crippen LogP contribution in [-0.4, -0.2) is 42.0 Å². The lowest BCUT2D eigenvalue weighted by Crippen LogP contribution is -2.49. The zero-order valence-electron chi connectivity index (χ0n) is 16.2. The summed E-state index contributed by atoms with van der Waals surface area (Å²) in [6, 6.07) is 12.3. The van der Waals surface area contributed by atoms with Crippen LogP contribution in [0.2, 0.25) is 0 Å². The molecule has 140 valence electrons. The van der Waals surface area contributed by atoms with Gasteiger partial charge in [0.2, 0.25) is 0 Å². The molecule has 1 fully saturated rings. The van der Waals surface area contributed by atoms with Gasteiger partial charge >= 0.3 is 0 Å². The number of amides is 1. The topological polar surface area (TPSA) is 49.6 Å².